The van der Waals surface area contributed by atoms with Gasteiger partial charge in [-0.2, -0.15) is 18.0 Å². The predicted molar refractivity (Wildman–Crippen MR) is 60.8 cm³/mol. The summed E-state index contributed by atoms with van der Waals surface area (Å²) in [4.78, 5) is 1.16. The summed E-state index contributed by atoms with van der Waals surface area (Å²) < 4.78 is 51.7. The molecule has 9 heteroatoms. The van der Waals surface area contributed by atoms with Crippen LogP contribution in [-0.4, -0.2) is 20.2 Å². The summed E-state index contributed by atoms with van der Waals surface area (Å²) in [5.41, 5.74) is 4.43. The largest absolute Gasteiger partial charge is 0.416 e. The van der Waals surface area contributed by atoms with Crippen LogP contribution in [0.15, 0.2) is 18.2 Å². The van der Waals surface area contributed by atoms with Crippen LogP contribution in [-0.2, 0) is 19.6 Å². The minimum atomic E-state index is -4.60. The second kappa shape index (κ2) is 5.16. The van der Waals surface area contributed by atoms with Crippen LogP contribution in [0.1, 0.15) is 23.0 Å². The van der Waals surface area contributed by atoms with Gasteiger partial charge in [-0.15, -0.1) is 10.2 Å². The van der Waals surface area contributed by atoms with Gasteiger partial charge >= 0.3 is 6.18 Å². The molecule has 0 spiro atoms. The summed E-state index contributed by atoms with van der Waals surface area (Å²) in [7, 11) is 1.52. The molecular formula is C11H11F4N5. The molecular weight excluding hydrogens is 278 g/mol. The summed E-state index contributed by atoms with van der Waals surface area (Å²) in [6.07, 6.45) is -4.67. The monoisotopic (exact) mass is 289 g/mol. The van der Waals surface area contributed by atoms with Crippen LogP contribution in [0.3, 0.4) is 0 Å². The third-order valence-electron chi connectivity index (χ3n) is 2.67. The zero-order valence-corrected chi connectivity index (χ0v) is 10.4. The SMILES string of the molecule is Cn1nnc(CC(N)c2cc(F)ccc2C(F)(F)F)n1. The highest BCUT2D eigenvalue weighted by Crippen LogP contribution is 2.35. The van der Waals surface area contributed by atoms with Crippen molar-refractivity contribution in [2.24, 2.45) is 12.8 Å². The molecule has 0 aliphatic heterocycles. The number of nitrogens with two attached hydrogens (primary N) is 1. The number of rotatable bonds is 3. The van der Waals surface area contributed by atoms with E-state index in [0.717, 1.165) is 16.9 Å². The Morgan fingerprint density at radius 2 is 2.05 bits per heavy atom. The number of hydrogen-bond acceptors (Lipinski definition) is 4. The lowest BCUT2D eigenvalue weighted by Crippen LogP contribution is -2.20. The molecule has 0 aliphatic carbocycles. The highest BCUT2D eigenvalue weighted by atomic mass is 19.4. The van der Waals surface area contributed by atoms with E-state index in [-0.39, 0.29) is 17.8 Å². The molecule has 5 nitrogen and oxygen atoms in total. The van der Waals surface area contributed by atoms with Gasteiger partial charge in [0.1, 0.15) is 5.82 Å². The van der Waals surface area contributed by atoms with Crippen LogP contribution >= 0.6 is 0 Å². The van der Waals surface area contributed by atoms with E-state index in [0.29, 0.717) is 6.07 Å². The van der Waals surface area contributed by atoms with Crippen molar-refractivity contribution < 1.29 is 17.6 Å². The van der Waals surface area contributed by atoms with Gasteiger partial charge in [0.25, 0.3) is 0 Å². The van der Waals surface area contributed by atoms with E-state index >= 15 is 0 Å². The summed E-state index contributed by atoms with van der Waals surface area (Å²) in [5, 5.41) is 11.0. The maximum atomic E-state index is 13.2. The number of aryl methyl sites for hydroxylation is 1. The van der Waals surface area contributed by atoms with Crippen molar-refractivity contribution in [3.8, 4) is 0 Å². The molecule has 2 aromatic rings. The van der Waals surface area contributed by atoms with Crippen LogP contribution in [0.2, 0.25) is 0 Å². The molecule has 108 valence electrons. The maximum Gasteiger partial charge on any atom is 0.416 e. The van der Waals surface area contributed by atoms with Crippen LogP contribution < -0.4 is 5.73 Å². The molecule has 0 bridgehead atoms. The zero-order chi connectivity index (χ0) is 14.9. The van der Waals surface area contributed by atoms with Gasteiger partial charge in [0.15, 0.2) is 5.82 Å². The molecule has 0 fully saturated rings. The van der Waals surface area contributed by atoms with Crippen molar-refractivity contribution in [2.45, 2.75) is 18.6 Å². The number of hydrogen-bond donors (Lipinski definition) is 1. The molecule has 1 aromatic carbocycles. The molecule has 1 heterocycles. The highest BCUT2D eigenvalue weighted by molar-refractivity contribution is 5.33. The Kier molecular flexibility index (Phi) is 3.71. The van der Waals surface area contributed by atoms with Gasteiger partial charge in [-0.05, 0) is 29.0 Å². The first-order valence-corrected chi connectivity index (χ1v) is 5.62. The second-order valence-electron chi connectivity index (χ2n) is 4.24. The fraction of sp³-hybridized carbons (Fsp3) is 0.364. The lowest BCUT2D eigenvalue weighted by molar-refractivity contribution is -0.138. The summed E-state index contributed by atoms with van der Waals surface area (Å²) >= 11 is 0. The topological polar surface area (TPSA) is 69.6 Å². The van der Waals surface area contributed by atoms with Gasteiger partial charge in [-0.25, -0.2) is 4.39 Å². The van der Waals surface area contributed by atoms with E-state index in [1.807, 2.05) is 0 Å². The molecule has 1 atom stereocenters. The molecule has 0 aliphatic rings. The molecule has 0 saturated carbocycles. The van der Waals surface area contributed by atoms with Gasteiger partial charge < -0.3 is 5.73 Å². The number of benzene rings is 1. The molecule has 2 N–H and O–H groups in total. The van der Waals surface area contributed by atoms with E-state index in [4.69, 9.17) is 5.73 Å². The van der Waals surface area contributed by atoms with E-state index in [2.05, 4.69) is 15.4 Å². The Hall–Kier alpha value is -2.03. The second-order valence-corrected chi connectivity index (χ2v) is 4.24. The first-order valence-electron chi connectivity index (χ1n) is 5.62. The molecule has 20 heavy (non-hydrogen) atoms. The molecule has 1 unspecified atom stereocenters. The first-order chi connectivity index (χ1) is 9.27. The Labute approximate surface area is 111 Å². The minimum absolute atomic E-state index is 0.0691. The molecule has 0 amide bonds. The lowest BCUT2D eigenvalue weighted by Gasteiger charge is -2.17. The van der Waals surface area contributed by atoms with E-state index in [1.165, 1.54) is 7.05 Å². The average Bonchev–Trinajstić information content (AvgIpc) is 2.73. The number of tetrazole rings is 1. The Morgan fingerprint density at radius 3 is 2.60 bits per heavy atom. The normalized spacial score (nSPS) is 13.5. The summed E-state index contributed by atoms with van der Waals surface area (Å²) in [5.74, 6) is -0.590. The summed E-state index contributed by atoms with van der Waals surface area (Å²) in [6.45, 7) is 0. The Bertz CT molecular complexity index is 607. The van der Waals surface area contributed by atoms with E-state index < -0.39 is 23.6 Å². The van der Waals surface area contributed by atoms with Gasteiger partial charge in [0.05, 0.1) is 12.6 Å². The fourth-order valence-electron chi connectivity index (χ4n) is 1.81. The van der Waals surface area contributed by atoms with Gasteiger partial charge in [-0.1, -0.05) is 0 Å². The average molecular weight is 289 g/mol. The molecule has 0 radical (unpaired) electrons. The van der Waals surface area contributed by atoms with Crippen molar-refractivity contribution in [3.05, 3.63) is 41.0 Å². The van der Waals surface area contributed by atoms with Crippen molar-refractivity contribution in [1.29, 1.82) is 0 Å². The minimum Gasteiger partial charge on any atom is -0.324 e. The number of nitrogens with zero attached hydrogens (tertiary/aromatic N) is 4. The quantitative estimate of drug-likeness (QED) is 0.872. The first kappa shape index (κ1) is 14.4. The third-order valence-corrected chi connectivity index (χ3v) is 2.67. The van der Waals surface area contributed by atoms with Gasteiger partial charge in [0, 0.05) is 12.5 Å². The van der Waals surface area contributed by atoms with Crippen molar-refractivity contribution in [3.63, 3.8) is 0 Å². The lowest BCUT2D eigenvalue weighted by atomic mass is 9.98. The fourth-order valence-corrected chi connectivity index (χ4v) is 1.81. The Balaban J connectivity index is 2.33. The zero-order valence-electron chi connectivity index (χ0n) is 10.4. The van der Waals surface area contributed by atoms with Crippen LogP contribution in [0.5, 0.6) is 0 Å². The van der Waals surface area contributed by atoms with Crippen molar-refractivity contribution in [2.75, 3.05) is 0 Å². The van der Waals surface area contributed by atoms with Crippen LogP contribution in [0.4, 0.5) is 17.6 Å². The molecule has 1 aromatic heterocycles. The highest BCUT2D eigenvalue weighted by Gasteiger charge is 2.35. The van der Waals surface area contributed by atoms with Gasteiger partial charge in [-0.3, -0.25) is 0 Å². The van der Waals surface area contributed by atoms with Gasteiger partial charge in [0.2, 0.25) is 0 Å². The third kappa shape index (κ3) is 3.10. The smallest absolute Gasteiger partial charge is 0.324 e. The molecule has 0 saturated heterocycles. The van der Waals surface area contributed by atoms with Crippen molar-refractivity contribution in [1.82, 2.24) is 20.2 Å². The standard InChI is InChI=1S/C11H11F4N5/c1-20-18-10(17-19-20)5-9(16)7-4-6(12)2-3-8(7)11(13,14)15/h2-4,9H,5,16H2,1H3. The van der Waals surface area contributed by atoms with Crippen LogP contribution in [0, 0.1) is 5.82 Å². The summed E-state index contributed by atoms with van der Waals surface area (Å²) in [6, 6.07) is 1.13. The van der Waals surface area contributed by atoms with E-state index in [9.17, 15) is 17.6 Å². The van der Waals surface area contributed by atoms with E-state index in [1.54, 1.807) is 0 Å². The predicted octanol–water partition coefficient (Wildman–Crippen LogP) is 1.61. The maximum absolute atomic E-state index is 13.2. The van der Waals surface area contributed by atoms with Crippen molar-refractivity contribution >= 4 is 0 Å². The number of halogens is 4. The number of alkyl halides is 3. The van der Waals surface area contributed by atoms with Crippen LogP contribution in [0.25, 0.3) is 0 Å². The molecule has 2 rings (SSSR count). The number of aromatic nitrogens is 4. The Morgan fingerprint density at radius 1 is 1.35 bits per heavy atom.